The van der Waals surface area contributed by atoms with Gasteiger partial charge in [-0.15, -0.1) is 0 Å². The van der Waals surface area contributed by atoms with Crippen LogP contribution in [0.3, 0.4) is 0 Å². The molecule has 6 heteroatoms. The zero-order valence-corrected chi connectivity index (χ0v) is 13.5. The fraction of sp³-hybridized carbons (Fsp3) is 0.375. The topological polar surface area (TPSA) is 77.2 Å². The van der Waals surface area contributed by atoms with E-state index in [1.165, 1.54) is 22.5 Å². The van der Waals surface area contributed by atoms with E-state index >= 15 is 0 Å². The molecule has 0 unspecified atom stereocenters. The third-order valence-corrected chi connectivity index (χ3v) is 4.97. The van der Waals surface area contributed by atoms with Crippen molar-refractivity contribution in [2.75, 3.05) is 12.8 Å². The van der Waals surface area contributed by atoms with Crippen LogP contribution in [0.2, 0.25) is 0 Å². The van der Waals surface area contributed by atoms with E-state index in [0.29, 0.717) is 15.7 Å². The van der Waals surface area contributed by atoms with Gasteiger partial charge in [-0.25, -0.2) is 4.98 Å². The van der Waals surface area contributed by atoms with Crippen LogP contribution in [0.5, 0.6) is 5.75 Å². The molecule has 0 saturated carbocycles. The molecule has 1 aromatic heterocycles. The van der Waals surface area contributed by atoms with Crippen LogP contribution in [0.25, 0.3) is 0 Å². The third kappa shape index (κ3) is 2.78. The number of anilines is 1. The summed E-state index contributed by atoms with van der Waals surface area (Å²) in [6.07, 6.45) is 3.01. The number of carbonyl (C=O) groups excluding carboxylic acids is 1. The van der Waals surface area contributed by atoms with Gasteiger partial charge in [0.1, 0.15) is 10.6 Å². The zero-order valence-electron chi connectivity index (χ0n) is 12.7. The van der Waals surface area contributed by atoms with Gasteiger partial charge in [0.05, 0.1) is 18.8 Å². The number of rotatable bonds is 3. The lowest BCUT2D eigenvalue weighted by Crippen LogP contribution is -2.30. The number of hydrogen-bond acceptors (Lipinski definition) is 5. The lowest BCUT2D eigenvalue weighted by atomic mass is 9.87. The molecule has 1 amide bonds. The molecule has 2 aromatic rings. The van der Waals surface area contributed by atoms with Gasteiger partial charge in [0.15, 0.2) is 5.13 Å². The van der Waals surface area contributed by atoms with Crippen molar-refractivity contribution in [3.05, 3.63) is 39.9 Å². The van der Waals surface area contributed by atoms with E-state index in [1.54, 1.807) is 14.0 Å². The van der Waals surface area contributed by atoms with Crippen LogP contribution in [-0.4, -0.2) is 18.0 Å². The summed E-state index contributed by atoms with van der Waals surface area (Å²) >= 11 is 1.23. The second kappa shape index (κ2) is 5.96. The maximum Gasteiger partial charge on any atom is 0.263 e. The molecule has 0 bridgehead atoms. The normalized spacial score (nSPS) is 16.9. The van der Waals surface area contributed by atoms with Crippen LogP contribution < -0.4 is 15.8 Å². The minimum Gasteiger partial charge on any atom is -0.497 e. The van der Waals surface area contributed by atoms with Crippen LogP contribution in [0.1, 0.15) is 45.4 Å². The predicted octanol–water partition coefficient (Wildman–Crippen LogP) is 2.85. The molecule has 0 saturated heterocycles. The van der Waals surface area contributed by atoms with Crippen molar-refractivity contribution in [2.24, 2.45) is 0 Å². The number of thiazole rings is 1. The van der Waals surface area contributed by atoms with Gasteiger partial charge in [-0.2, -0.15) is 0 Å². The fourth-order valence-electron chi connectivity index (χ4n) is 2.92. The second-order valence-corrected chi connectivity index (χ2v) is 6.48. The van der Waals surface area contributed by atoms with E-state index in [2.05, 4.69) is 16.4 Å². The maximum atomic E-state index is 12.5. The first-order chi connectivity index (χ1) is 10.6. The number of aromatic nitrogens is 1. The summed E-state index contributed by atoms with van der Waals surface area (Å²) in [6, 6.07) is 6.08. The lowest BCUT2D eigenvalue weighted by molar-refractivity contribution is 0.0936. The van der Waals surface area contributed by atoms with Gasteiger partial charge >= 0.3 is 0 Å². The number of nitrogen functional groups attached to an aromatic ring is 1. The summed E-state index contributed by atoms with van der Waals surface area (Å²) in [7, 11) is 1.67. The highest BCUT2D eigenvalue weighted by Gasteiger charge is 2.24. The van der Waals surface area contributed by atoms with Gasteiger partial charge in [0, 0.05) is 0 Å². The molecule has 116 valence electrons. The molecule has 1 aliphatic rings. The number of carbonyl (C=O) groups is 1. The third-order valence-electron chi connectivity index (χ3n) is 3.99. The summed E-state index contributed by atoms with van der Waals surface area (Å²) in [5.41, 5.74) is 8.78. The standard InChI is InChI=1S/C16H19N3O2S/c1-9-14(22-16(17)18-9)15(20)19-13-5-3-4-10-8-11(21-2)6-7-12(10)13/h6-8,13H,3-5H2,1-2H3,(H2,17,18)(H,19,20)/t13-/m0/s1. The number of nitrogens with one attached hydrogen (secondary N) is 1. The minimum absolute atomic E-state index is 0.0323. The van der Waals surface area contributed by atoms with Gasteiger partial charge < -0.3 is 15.8 Å². The molecule has 3 N–H and O–H groups in total. The molecule has 0 fully saturated rings. The zero-order chi connectivity index (χ0) is 15.7. The van der Waals surface area contributed by atoms with Crippen LogP contribution in [-0.2, 0) is 6.42 Å². The summed E-state index contributed by atoms with van der Waals surface area (Å²) < 4.78 is 5.28. The summed E-state index contributed by atoms with van der Waals surface area (Å²) in [5, 5.41) is 3.55. The fourth-order valence-corrected chi connectivity index (χ4v) is 3.66. The van der Waals surface area contributed by atoms with E-state index in [0.717, 1.165) is 25.0 Å². The molecular weight excluding hydrogens is 298 g/mol. The van der Waals surface area contributed by atoms with E-state index in [-0.39, 0.29) is 11.9 Å². The number of fused-ring (bicyclic) bond motifs is 1. The molecule has 0 aliphatic heterocycles. The predicted molar refractivity (Wildman–Crippen MR) is 87.4 cm³/mol. The number of hydrogen-bond donors (Lipinski definition) is 2. The van der Waals surface area contributed by atoms with Crippen molar-refractivity contribution < 1.29 is 9.53 Å². The Morgan fingerprint density at radius 2 is 2.32 bits per heavy atom. The Bertz CT molecular complexity index is 711. The van der Waals surface area contributed by atoms with Gasteiger partial charge in [0.2, 0.25) is 0 Å². The van der Waals surface area contributed by atoms with Gasteiger partial charge in [0.25, 0.3) is 5.91 Å². The Balaban J connectivity index is 1.82. The molecule has 1 aliphatic carbocycles. The van der Waals surface area contributed by atoms with Crippen molar-refractivity contribution in [3.63, 3.8) is 0 Å². The van der Waals surface area contributed by atoms with Crippen molar-refractivity contribution >= 4 is 22.4 Å². The largest absolute Gasteiger partial charge is 0.497 e. The van der Waals surface area contributed by atoms with E-state index in [9.17, 15) is 4.79 Å². The number of nitrogens with two attached hydrogens (primary N) is 1. The molecule has 1 aromatic carbocycles. The number of benzene rings is 1. The summed E-state index contributed by atoms with van der Waals surface area (Å²) in [5.74, 6) is 0.761. The molecule has 0 spiro atoms. The van der Waals surface area contributed by atoms with E-state index in [4.69, 9.17) is 10.5 Å². The molecule has 5 nitrogen and oxygen atoms in total. The first-order valence-electron chi connectivity index (χ1n) is 7.29. The highest BCUT2D eigenvalue weighted by molar-refractivity contribution is 7.17. The van der Waals surface area contributed by atoms with Gasteiger partial charge in [-0.1, -0.05) is 17.4 Å². The summed E-state index contributed by atoms with van der Waals surface area (Å²) in [4.78, 5) is 17.2. The number of ether oxygens (including phenoxy) is 1. The van der Waals surface area contributed by atoms with Crippen LogP contribution >= 0.6 is 11.3 Å². The Morgan fingerprint density at radius 3 is 3.00 bits per heavy atom. The van der Waals surface area contributed by atoms with E-state index in [1.807, 2.05) is 12.1 Å². The Kier molecular flexibility index (Phi) is 4.02. The smallest absolute Gasteiger partial charge is 0.263 e. The number of methoxy groups -OCH3 is 1. The molecule has 1 heterocycles. The van der Waals surface area contributed by atoms with Crippen LogP contribution in [0.15, 0.2) is 18.2 Å². The number of amides is 1. The van der Waals surface area contributed by atoms with Crippen molar-refractivity contribution in [3.8, 4) is 5.75 Å². The summed E-state index contributed by atoms with van der Waals surface area (Å²) in [6.45, 7) is 1.81. The molecule has 1 atom stereocenters. The average Bonchev–Trinajstić information content (AvgIpc) is 2.85. The maximum absolute atomic E-state index is 12.5. The quantitative estimate of drug-likeness (QED) is 0.912. The Labute approximate surface area is 133 Å². The number of aryl methyl sites for hydroxylation is 2. The van der Waals surface area contributed by atoms with Crippen molar-refractivity contribution in [2.45, 2.75) is 32.2 Å². The monoisotopic (exact) mass is 317 g/mol. The molecule has 0 radical (unpaired) electrons. The van der Waals surface area contributed by atoms with Crippen LogP contribution in [0, 0.1) is 6.92 Å². The van der Waals surface area contributed by atoms with Crippen molar-refractivity contribution in [1.29, 1.82) is 0 Å². The SMILES string of the molecule is COc1ccc2c(c1)CCC[C@@H]2NC(=O)c1sc(N)nc1C. The van der Waals surface area contributed by atoms with Gasteiger partial charge in [-0.3, -0.25) is 4.79 Å². The minimum atomic E-state index is -0.0969. The Morgan fingerprint density at radius 1 is 1.50 bits per heavy atom. The van der Waals surface area contributed by atoms with Crippen LogP contribution in [0.4, 0.5) is 5.13 Å². The highest BCUT2D eigenvalue weighted by Crippen LogP contribution is 2.32. The van der Waals surface area contributed by atoms with Gasteiger partial charge in [-0.05, 0) is 49.4 Å². The number of nitrogens with zero attached hydrogens (tertiary/aromatic N) is 1. The molecule has 22 heavy (non-hydrogen) atoms. The van der Waals surface area contributed by atoms with E-state index < -0.39 is 0 Å². The molecular formula is C16H19N3O2S. The highest BCUT2D eigenvalue weighted by atomic mass is 32.1. The first-order valence-corrected chi connectivity index (χ1v) is 8.10. The average molecular weight is 317 g/mol. The molecule has 3 rings (SSSR count). The Hall–Kier alpha value is -2.08. The second-order valence-electron chi connectivity index (χ2n) is 5.45. The van der Waals surface area contributed by atoms with Crippen molar-refractivity contribution in [1.82, 2.24) is 10.3 Å². The first kappa shape index (κ1) is 14.8. The lowest BCUT2D eigenvalue weighted by Gasteiger charge is -2.26.